The third-order valence-corrected chi connectivity index (χ3v) is 3.05. The van der Waals surface area contributed by atoms with Crippen molar-refractivity contribution in [3.63, 3.8) is 0 Å². The van der Waals surface area contributed by atoms with Gasteiger partial charge in [-0.2, -0.15) is 0 Å². The van der Waals surface area contributed by atoms with E-state index in [1.54, 1.807) is 0 Å². The zero-order valence-corrected chi connectivity index (χ0v) is 11.1. The Kier molecular flexibility index (Phi) is 5.45. The van der Waals surface area contributed by atoms with Gasteiger partial charge in [-0.3, -0.25) is 0 Å². The van der Waals surface area contributed by atoms with Gasteiger partial charge in [0.2, 0.25) is 0 Å². The Morgan fingerprint density at radius 2 is 1.53 bits per heavy atom. The second-order valence-corrected chi connectivity index (χ2v) is 4.56. The molecule has 0 bridgehead atoms. The van der Waals surface area contributed by atoms with Crippen LogP contribution >= 0.6 is 0 Å². The number of aliphatic hydroxyl groups is 1. The Bertz CT molecular complexity index is 480. The number of ether oxygens (including phenoxy) is 1. The molecule has 0 aliphatic rings. The minimum atomic E-state index is 0.280. The maximum absolute atomic E-state index is 8.79. The van der Waals surface area contributed by atoms with Crippen LogP contribution in [0.4, 0.5) is 0 Å². The van der Waals surface area contributed by atoms with Crippen LogP contribution in [0.15, 0.2) is 54.6 Å². The maximum atomic E-state index is 8.79. The molecule has 100 valence electrons. The van der Waals surface area contributed by atoms with Crippen LogP contribution in [0.2, 0.25) is 0 Å². The van der Waals surface area contributed by atoms with Gasteiger partial charge in [-0.05, 0) is 43.0 Å². The van der Waals surface area contributed by atoms with Crippen LogP contribution in [0.25, 0.3) is 0 Å². The average Bonchev–Trinajstić information content (AvgIpc) is 2.46. The molecule has 0 saturated carbocycles. The molecule has 0 unspecified atom stereocenters. The van der Waals surface area contributed by atoms with Crippen molar-refractivity contribution in [2.45, 2.75) is 25.7 Å². The summed E-state index contributed by atoms with van der Waals surface area (Å²) in [5, 5.41) is 8.79. The standard InChI is InChI=1S/C17H20O2/c18-14-8-2-3-9-15-10-6-7-13-17(15)19-16-11-4-1-5-12-16/h1,4-7,10-13,18H,2-3,8-9,14H2. The fourth-order valence-corrected chi connectivity index (χ4v) is 2.03. The lowest BCUT2D eigenvalue weighted by Crippen LogP contribution is -1.93. The zero-order chi connectivity index (χ0) is 13.3. The molecule has 2 rings (SSSR count). The second kappa shape index (κ2) is 7.59. The van der Waals surface area contributed by atoms with E-state index in [0.29, 0.717) is 0 Å². The molecule has 0 saturated heterocycles. The molecule has 0 radical (unpaired) electrons. The first kappa shape index (κ1) is 13.6. The van der Waals surface area contributed by atoms with Crippen molar-refractivity contribution in [2.24, 2.45) is 0 Å². The van der Waals surface area contributed by atoms with Gasteiger partial charge in [-0.15, -0.1) is 0 Å². The van der Waals surface area contributed by atoms with E-state index in [4.69, 9.17) is 9.84 Å². The Balaban J connectivity index is 2.00. The minimum absolute atomic E-state index is 0.280. The lowest BCUT2D eigenvalue weighted by molar-refractivity contribution is 0.283. The molecule has 0 aliphatic heterocycles. The van der Waals surface area contributed by atoms with Crippen LogP contribution in [0.1, 0.15) is 24.8 Å². The number of unbranched alkanes of at least 4 members (excludes halogenated alkanes) is 2. The van der Waals surface area contributed by atoms with E-state index < -0.39 is 0 Å². The predicted octanol–water partition coefficient (Wildman–Crippen LogP) is 4.18. The number of benzene rings is 2. The van der Waals surface area contributed by atoms with Gasteiger partial charge in [0.15, 0.2) is 0 Å². The Labute approximate surface area is 114 Å². The number of hydrogen-bond donors (Lipinski definition) is 1. The molecule has 0 heterocycles. The van der Waals surface area contributed by atoms with Gasteiger partial charge in [0, 0.05) is 6.61 Å². The van der Waals surface area contributed by atoms with Gasteiger partial charge in [0.1, 0.15) is 11.5 Å². The first-order valence-corrected chi connectivity index (χ1v) is 6.82. The molecule has 0 spiro atoms. The average molecular weight is 256 g/mol. The molecule has 2 aromatic rings. The summed E-state index contributed by atoms with van der Waals surface area (Å²) < 4.78 is 5.92. The molecule has 0 atom stereocenters. The second-order valence-electron chi connectivity index (χ2n) is 4.56. The number of rotatable bonds is 7. The van der Waals surface area contributed by atoms with Gasteiger partial charge >= 0.3 is 0 Å². The topological polar surface area (TPSA) is 29.5 Å². The summed E-state index contributed by atoms with van der Waals surface area (Å²) >= 11 is 0. The molecule has 2 aromatic carbocycles. The molecular weight excluding hydrogens is 236 g/mol. The van der Waals surface area contributed by atoms with Gasteiger partial charge < -0.3 is 9.84 Å². The van der Waals surface area contributed by atoms with Crippen LogP contribution in [0.3, 0.4) is 0 Å². The molecule has 19 heavy (non-hydrogen) atoms. The predicted molar refractivity (Wildman–Crippen MR) is 77.6 cm³/mol. The van der Waals surface area contributed by atoms with E-state index in [0.717, 1.165) is 37.2 Å². The Hall–Kier alpha value is -1.80. The van der Waals surface area contributed by atoms with Crippen molar-refractivity contribution >= 4 is 0 Å². The zero-order valence-electron chi connectivity index (χ0n) is 11.1. The normalized spacial score (nSPS) is 10.4. The third-order valence-electron chi connectivity index (χ3n) is 3.05. The molecule has 2 heteroatoms. The SMILES string of the molecule is OCCCCCc1ccccc1Oc1ccccc1. The van der Waals surface area contributed by atoms with E-state index in [2.05, 4.69) is 6.07 Å². The quantitative estimate of drug-likeness (QED) is 0.753. The molecule has 1 N–H and O–H groups in total. The Morgan fingerprint density at radius 1 is 0.789 bits per heavy atom. The molecular formula is C17H20O2. The van der Waals surface area contributed by atoms with E-state index in [1.807, 2.05) is 48.5 Å². The summed E-state index contributed by atoms with van der Waals surface area (Å²) in [6.45, 7) is 0.280. The molecule has 0 fully saturated rings. The van der Waals surface area contributed by atoms with Crippen LogP contribution in [0, 0.1) is 0 Å². The molecule has 0 amide bonds. The first-order valence-electron chi connectivity index (χ1n) is 6.82. The highest BCUT2D eigenvalue weighted by Gasteiger charge is 2.03. The fraction of sp³-hybridized carbons (Fsp3) is 0.294. The van der Waals surface area contributed by atoms with Crippen molar-refractivity contribution in [1.82, 2.24) is 0 Å². The lowest BCUT2D eigenvalue weighted by Gasteiger charge is -2.10. The monoisotopic (exact) mass is 256 g/mol. The fourth-order valence-electron chi connectivity index (χ4n) is 2.03. The van der Waals surface area contributed by atoms with Crippen molar-refractivity contribution in [2.75, 3.05) is 6.61 Å². The first-order chi connectivity index (χ1) is 9.40. The van der Waals surface area contributed by atoms with Gasteiger partial charge in [0.05, 0.1) is 0 Å². The summed E-state index contributed by atoms with van der Waals surface area (Å²) in [6.07, 6.45) is 4.00. The largest absolute Gasteiger partial charge is 0.457 e. The number of para-hydroxylation sites is 2. The van der Waals surface area contributed by atoms with E-state index in [1.165, 1.54) is 5.56 Å². The Morgan fingerprint density at radius 3 is 2.32 bits per heavy atom. The summed E-state index contributed by atoms with van der Waals surface area (Å²) in [6, 6.07) is 18.0. The third kappa shape index (κ3) is 4.42. The van der Waals surface area contributed by atoms with Crippen LogP contribution in [0.5, 0.6) is 11.5 Å². The van der Waals surface area contributed by atoms with Crippen molar-refractivity contribution in [3.8, 4) is 11.5 Å². The molecule has 2 nitrogen and oxygen atoms in total. The van der Waals surface area contributed by atoms with Crippen LogP contribution in [-0.2, 0) is 6.42 Å². The van der Waals surface area contributed by atoms with Crippen LogP contribution < -0.4 is 4.74 Å². The summed E-state index contributed by atoms with van der Waals surface area (Å²) in [7, 11) is 0. The molecule has 0 aromatic heterocycles. The molecule has 0 aliphatic carbocycles. The van der Waals surface area contributed by atoms with E-state index in [-0.39, 0.29) is 6.61 Å². The van der Waals surface area contributed by atoms with Crippen molar-refractivity contribution < 1.29 is 9.84 Å². The highest BCUT2D eigenvalue weighted by atomic mass is 16.5. The van der Waals surface area contributed by atoms with Crippen molar-refractivity contribution in [3.05, 3.63) is 60.2 Å². The van der Waals surface area contributed by atoms with Crippen molar-refractivity contribution in [1.29, 1.82) is 0 Å². The number of aliphatic hydroxyl groups excluding tert-OH is 1. The lowest BCUT2D eigenvalue weighted by atomic mass is 10.1. The van der Waals surface area contributed by atoms with Gasteiger partial charge in [-0.1, -0.05) is 42.8 Å². The van der Waals surface area contributed by atoms with Gasteiger partial charge in [0.25, 0.3) is 0 Å². The van der Waals surface area contributed by atoms with Crippen LogP contribution in [-0.4, -0.2) is 11.7 Å². The number of aryl methyl sites for hydroxylation is 1. The minimum Gasteiger partial charge on any atom is -0.457 e. The summed E-state index contributed by atoms with van der Waals surface area (Å²) in [5.41, 5.74) is 1.23. The van der Waals surface area contributed by atoms with Gasteiger partial charge in [-0.25, -0.2) is 0 Å². The summed E-state index contributed by atoms with van der Waals surface area (Å²) in [4.78, 5) is 0. The summed E-state index contributed by atoms with van der Waals surface area (Å²) in [5.74, 6) is 1.79. The highest BCUT2D eigenvalue weighted by molar-refractivity contribution is 5.37. The highest BCUT2D eigenvalue weighted by Crippen LogP contribution is 2.26. The number of hydrogen-bond acceptors (Lipinski definition) is 2. The maximum Gasteiger partial charge on any atom is 0.130 e. The smallest absolute Gasteiger partial charge is 0.130 e. The van der Waals surface area contributed by atoms with E-state index in [9.17, 15) is 0 Å². The van der Waals surface area contributed by atoms with E-state index >= 15 is 0 Å².